The van der Waals surface area contributed by atoms with Crippen molar-refractivity contribution >= 4 is 44.6 Å². The van der Waals surface area contributed by atoms with Gasteiger partial charge in [0.2, 0.25) is 5.89 Å². The third-order valence-electron chi connectivity index (χ3n) is 3.97. The molecule has 0 unspecified atom stereocenters. The van der Waals surface area contributed by atoms with Crippen molar-refractivity contribution in [3.8, 4) is 11.5 Å². The number of nitrogens with zero attached hydrogens (tertiary/aromatic N) is 3. The van der Waals surface area contributed by atoms with Gasteiger partial charge in [0.25, 0.3) is 5.69 Å². The van der Waals surface area contributed by atoms with Crippen molar-refractivity contribution < 1.29 is 13.7 Å². The Bertz CT molecular complexity index is 1240. The van der Waals surface area contributed by atoms with Gasteiger partial charge in [-0.3, -0.25) is 15.1 Å². The molecule has 4 aromatic rings. The number of fused-ring (bicyclic) bond motifs is 1. The van der Waals surface area contributed by atoms with E-state index in [1.54, 1.807) is 42.5 Å². The Morgan fingerprint density at radius 3 is 2.79 bits per heavy atom. The molecule has 0 aliphatic carbocycles. The zero-order valence-electron chi connectivity index (χ0n) is 14.2. The number of aliphatic imine (C=N–C) groups is 1. The first-order chi connectivity index (χ1) is 13.5. The molecular formula is C20H11BrFN3O3. The van der Waals surface area contributed by atoms with Crippen LogP contribution in [0.3, 0.4) is 0 Å². The number of oxazole rings is 1. The van der Waals surface area contributed by atoms with Crippen LogP contribution in [-0.4, -0.2) is 16.1 Å². The quantitative estimate of drug-likeness (QED) is 0.220. The lowest BCUT2D eigenvalue weighted by Gasteiger charge is -1.97. The zero-order valence-corrected chi connectivity index (χ0v) is 15.8. The molecule has 0 atom stereocenters. The second kappa shape index (κ2) is 7.32. The maximum absolute atomic E-state index is 13.4. The van der Waals surface area contributed by atoms with Gasteiger partial charge in [-0.05, 0) is 64.0 Å². The molecule has 4 rings (SSSR count). The van der Waals surface area contributed by atoms with E-state index in [1.807, 2.05) is 0 Å². The summed E-state index contributed by atoms with van der Waals surface area (Å²) < 4.78 is 19.5. The summed E-state index contributed by atoms with van der Waals surface area (Å²) >= 11 is 3.15. The predicted molar refractivity (Wildman–Crippen MR) is 107 cm³/mol. The van der Waals surface area contributed by atoms with Crippen molar-refractivity contribution in [2.45, 2.75) is 0 Å². The number of benzene rings is 3. The molecule has 3 aromatic carbocycles. The van der Waals surface area contributed by atoms with E-state index in [0.29, 0.717) is 38.3 Å². The summed E-state index contributed by atoms with van der Waals surface area (Å²) in [7, 11) is 0. The van der Waals surface area contributed by atoms with Gasteiger partial charge < -0.3 is 4.42 Å². The number of aromatic nitrogens is 1. The average molecular weight is 440 g/mol. The molecule has 0 aliphatic rings. The summed E-state index contributed by atoms with van der Waals surface area (Å²) in [5, 5.41) is 11.0. The second-order valence-electron chi connectivity index (χ2n) is 5.91. The number of nitro groups is 1. The van der Waals surface area contributed by atoms with Gasteiger partial charge in [-0.15, -0.1) is 0 Å². The van der Waals surface area contributed by atoms with E-state index < -0.39 is 4.92 Å². The van der Waals surface area contributed by atoms with Crippen LogP contribution in [0.15, 0.2) is 74.5 Å². The van der Waals surface area contributed by atoms with Crippen LogP contribution in [0.2, 0.25) is 0 Å². The maximum atomic E-state index is 13.4. The van der Waals surface area contributed by atoms with Gasteiger partial charge in [0.05, 0.1) is 15.1 Å². The highest BCUT2D eigenvalue weighted by Gasteiger charge is 2.12. The highest BCUT2D eigenvalue weighted by molar-refractivity contribution is 9.10. The lowest BCUT2D eigenvalue weighted by Crippen LogP contribution is -1.91. The van der Waals surface area contributed by atoms with E-state index in [9.17, 15) is 14.5 Å². The number of nitro benzene ring substituents is 1. The molecule has 0 aliphatic heterocycles. The molecule has 0 spiro atoms. The minimum atomic E-state index is -0.461. The van der Waals surface area contributed by atoms with E-state index in [2.05, 4.69) is 25.9 Å². The standard InChI is InChI=1S/C20H11BrFN3O3/c21-16-6-4-12(8-18(16)25(26)27)11-23-15-5-7-19-17(10-15)24-20(28-19)13-2-1-3-14(22)9-13/h1-11H. The molecule has 1 aromatic heterocycles. The normalized spacial score (nSPS) is 11.4. The first-order valence-corrected chi connectivity index (χ1v) is 8.93. The molecule has 0 saturated carbocycles. The minimum absolute atomic E-state index is 0.0318. The number of rotatable bonds is 4. The summed E-state index contributed by atoms with van der Waals surface area (Å²) in [6.07, 6.45) is 1.54. The van der Waals surface area contributed by atoms with Crippen molar-refractivity contribution in [1.29, 1.82) is 0 Å². The molecule has 0 N–H and O–H groups in total. The molecular weight excluding hydrogens is 429 g/mol. The summed E-state index contributed by atoms with van der Waals surface area (Å²) in [5.74, 6) is -0.0483. The van der Waals surface area contributed by atoms with Crippen LogP contribution in [0.25, 0.3) is 22.6 Å². The van der Waals surface area contributed by atoms with Gasteiger partial charge in [0, 0.05) is 17.8 Å². The maximum Gasteiger partial charge on any atom is 0.284 e. The summed E-state index contributed by atoms with van der Waals surface area (Å²) in [6.45, 7) is 0. The molecule has 0 saturated heterocycles. The van der Waals surface area contributed by atoms with Crippen LogP contribution in [0.1, 0.15) is 5.56 Å². The molecule has 8 heteroatoms. The van der Waals surface area contributed by atoms with Gasteiger partial charge >= 0.3 is 0 Å². The van der Waals surface area contributed by atoms with Gasteiger partial charge in [-0.25, -0.2) is 9.37 Å². The minimum Gasteiger partial charge on any atom is -0.436 e. The van der Waals surface area contributed by atoms with E-state index in [4.69, 9.17) is 4.42 Å². The highest BCUT2D eigenvalue weighted by Crippen LogP contribution is 2.28. The van der Waals surface area contributed by atoms with Gasteiger partial charge in [0.15, 0.2) is 5.58 Å². The topological polar surface area (TPSA) is 81.5 Å². The van der Waals surface area contributed by atoms with Crippen LogP contribution < -0.4 is 0 Å². The molecule has 138 valence electrons. The fraction of sp³-hybridized carbons (Fsp3) is 0. The number of hydrogen-bond donors (Lipinski definition) is 0. The third-order valence-corrected chi connectivity index (χ3v) is 4.64. The summed E-state index contributed by atoms with van der Waals surface area (Å²) in [5.41, 5.74) is 2.85. The fourth-order valence-electron chi connectivity index (χ4n) is 2.64. The highest BCUT2D eigenvalue weighted by atomic mass is 79.9. The van der Waals surface area contributed by atoms with Crippen molar-refractivity contribution in [3.05, 3.63) is 86.6 Å². The molecule has 0 bridgehead atoms. The van der Waals surface area contributed by atoms with Crippen LogP contribution in [0, 0.1) is 15.9 Å². The average Bonchev–Trinajstić information content (AvgIpc) is 3.10. The van der Waals surface area contributed by atoms with Crippen LogP contribution in [0.5, 0.6) is 0 Å². The Balaban J connectivity index is 1.64. The number of hydrogen-bond acceptors (Lipinski definition) is 5. The number of halogens is 2. The fourth-order valence-corrected chi connectivity index (χ4v) is 3.03. The summed E-state index contributed by atoms with van der Waals surface area (Å²) in [6, 6.07) is 16.0. The molecule has 1 heterocycles. The van der Waals surface area contributed by atoms with E-state index >= 15 is 0 Å². The third kappa shape index (κ3) is 3.67. The Hall–Kier alpha value is -3.39. The summed E-state index contributed by atoms with van der Waals surface area (Å²) in [4.78, 5) is 19.3. The largest absolute Gasteiger partial charge is 0.436 e. The first kappa shape index (κ1) is 18.0. The second-order valence-corrected chi connectivity index (χ2v) is 6.76. The van der Waals surface area contributed by atoms with Crippen molar-refractivity contribution in [2.75, 3.05) is 0 Å². The van der Waals surface area contributed by atoms with Crippen LogP contribution in [-0.2, 0) is 0 Å². The van der Waals surface area contributed by atoms with Crippen molar-refractivity contribution in [1.82, 2.24) is 4.98 Å². The van der Waals surface area contributed by atoms with Crippen molar-refractivity contribution in [2.24, 2.45) is 4.99 Å². The molecule has 28 heavy (non-hydrogen) atoms. The Morgan fingerprint density at radius 2 is 2.00 bits per heavy atom. The Labute approximate surface area is 166 Å². The molecule has 0 amide bonds. The first-order valence-electron chi connectivity index (χ1n) is 8.14. The smallest absolute Gasteiger partial charge is 0.284 e. The van der Waals surface area contributed by atoms with Crippen LogP contribution in [0.4, 0.5) is 15.8 Å². The molecule has 0 fully saturated rings. The molecule has 0 radical (unpaired) electrons. The van der Waals surface area contributed by atoms with Gasteiger partial charge in [-0.2, -0.15) is 0 Å². The van der Waals surface area contributed by atoms with Gasteiger partial charge in [-0.1, -0.05) is 12.1 Å². The van der Waals surface area contributed by atoms with Crippen molar-refractivity contribution in [3.63, 3.8) is 0 Å². The monoisotopic (exact) mass is 439 g/mol. The predicted octanol–water partition coefficient (Wildman–Crippen LogP) is 6.06. The van der Waals surface area contributed by atoms with Crippen LogP contribution >= 0.6 is 15.9 Å². The van der Waals surface area contributed by atoms with Gasteiger partial charge in [0.1, 0.15) is 11.3 Å². The van der Waals surface area contributed by atoms with E-state index in [-0.39, 0.29) is 11.5 Å². The SMILES string of the molecule is O=[N+]([O-])c1cc(C=Nc2ccc3oc(-c4cccc(F)c4)nc3c2)ccc1Br. The Morgan fingerprint density at radius 1 is 1.14 bits per heavy atom. The van der Waals surface area contributed by atoms with E-state index in [0.717, 1.165) is 0 Å². The van der Waals surface area contributed by atoms with E-state index in [1.165, 1.54) is 24.4 Å². The lowest BCUT2D eigenvalue weighted by atomic mass is 10.2. The molecule has 6 nitrogen and oxygen atoms in total. The lowest BCUT2D eigenvalue weighted by molar-refractivity contribution is -0.385. The zero-order chi connectivity index (χ0) is 19.7. The Kier molecular flexibility index (Phi) is 4.70.